The lowest BCUT2D eigenvalue weighted by atomic mass is 10.1. The van der Waals surface area contributed by atoms with Crippen LogP contribution in [-0.2, 0) is 0 Å². The van der Waals surface area contributed by atoms with E-state index in [1.54, 1.807) is 17.8 Å². The standard InChI is InChI=1S/C16H18FNS/c1-11-7-8-15(12(2)9-11)19-16(10-18)13-5-3-4-6-14(13)17/h3-9,16H,10,18H2,1-2H3. The second kappa shape index (κ2) is 6.22. The fourth-order valence-electron chi connectivity index (χ4n) is 2.06. The van der Waals surface area contributed by atoms with Crippen molar-refractivity contribution in [2.75, 3.05) is 6.54 Å². The van der Waals surface area contributed by atoms with Gasteiger partial charge in [0.05, 0.1) is 0 Å². The van der Waals surface area contributed by atoms with Crippen LogP contribution in [0.3, 0.4) is 0 Å². The zero-order valence-electron chi connectivity index (χ0n) is 11.2. The molecule has 2 aromatic carbocycles. The molecule has 2 N–H and O–H groups in total. The Hall–Kier alpha value is -1.32. The number of halogens is 1. The van der Waals surface area contributed by atoms with Gasteiger partial charge in [-0.1, -0.05) is 35.9 Å². The Morgan fingerprint density at radius 2 is 1.89 bits per heavy atom. The molecule has 1 unspecified atom stereocenters. The topological polar surface area (TPSA) is 26.0 Å². The minimum atomic E-state index is -0.185. The highest BCUT2D eigenvalue weighted by Crippen LogP contribution is 2.37. The smallest absolute Gasteiger partial charge is 0.127 e. The van der Waals surface area contributed by atoms with Crippen LogP contribution in [0.4, 0.5) is 4.39 Å². The van der Waals surface area contributed by atoms with Gasteiger partial charge in [-0.2, -0.15) is 0 Å². The highest BCUT2D eigenvalue weighted by atomic mass is 32.2. The van der Waals surface area contributed by atoms with Crippen molar-refractivity contribution in [3.63, 3.8) is 0 Å². The second-order valence-electron chi connectivity index (χ2n) is 4.63. The average Bonchev–Trinajstić information content (AvgIpc) is 2.39. The Kier molecular flexibility index (Phi) is 4.61. The molecule has 19 heavy (non-hydrogen) atoms. The fourth-order valence-corrected chi connectivity index (χ4v) is 3.17. The number of benzene rings is 2. The molecule has 2 aromatic rings. The van der Waals surface area contributed by atoms with Crippen LogP contribution < -0.4 is 5.73 Å². The van der Waals surface area contributed by atoms with Gasteiger partial charge in [-0.15, -0.1) is 11.8 Å². The summed E-state index contributed by atoms with van der Waals surface area (Å²) in [5.41, 5.74) is 8.93. The molecule has 0 amide bonds. The largest absolute Gasteiger partial charge is 0.329 e. The van der Waals surface area contributed by atoms with E-state index in [4.69, 9.17) is 5.73 Å². The Balaban J connectivity index is 2.27. The van der Waals surface area contributed by atoms with E-state index < -0.39 is 0 Å². The predicted molar refractivity (Wildman–Crippen MR) is 80.0 cm³/mol. The van der Waals surface area contributed by atoms with Gasteiger partial charge in [0.1, 0.15) is 5.82 Å². The van der Waals surface area contributed by atoms with Gasteiger partial charge in [0.2, 0.25) is 0 Å². The van der Waals surface area contributed by atoms with Crippen LogP contribution in [0.1, 0.15) is 21.9 Å². The van der Waals surface area contributed by atoms with Crippen LogP contribution in [0, 0.1) is 19.7 Å². The van der Waals surface area contributed by atoms with Crippen molar-refractivity contribution in [3.8, 4) is 0 Å². The summed E-state index contributed by atoms with van der Waals surface area (Å²) in [5, 5.41) is -0.0531. The molecular formula is C16H18FNS. The molecule has 0 saturated heterocycles. The highest BCUT2D eigenvalue weighted by Gasteiger charge is 2.16. The number of rotatable bonds is 4. The molecule has 0 heterocycles. The van der Waals surface area contributed by atoms with E-state index in [2.05, 4.69) is 32.0 Å². The monoisotopic (exact) mass is 275 g/mol. The van der Waals surface area contributed by atoms with E-state index >= 15 is 0 Å². The summed E-state index contributed by atoms with van der Waals surface area (Å²) >= 11 is 1.63. The summed E-state index contributed by atoms with van der Waals surface area (Å²) in [6, 6.07) is 13.1. The first-order valence-electron chi connectivity index (χ1n) is 6.30. The van der Waals surface area contributed by atoms with Crippen LogP contribution in [0.25, 0.3) is 0 Å². The number of nitrogens with two attached hydrogens (primary N) is 1. The van der Waals surface area contributed by atoms with E-state index in [-0.39, 0.29) is 11.1 Å². The van der Waals surface area contributed by atoms with Crippen LogP contribution in [-0.4, -0.2) is 6.54 Å². The molecule has 100 valence electrons. The normalized spacial score (nSPS) is 12.4. The van der Waals surface area contributed by atoms with Crippen molar-refractivity contribution in [2.45, 2.75) is 24.0 Å². The van der Waals surface area contributed by atoms with Gasteiger partial charge in [0.15, 0.2) is 0 Å². The molecule has 0 aliphatic heterocycles. The second-order valence-corrected chi connectivity index (χ2v) is 5.88. The third-order valence-corrected chi connectivity index (χ3v) is 4.51. The molecule has 0 fully saturated rings. The molecular weight excluding hydrogens is 257 g/mol. The van der Waals surface area contributed by atoms with Gasteiger partial charge < -0.3 is 5.73 Å². The van der Waals surface area contributed by atoms with Crippen molar-refractivity contribution in [2.24, 2.45) is 5.73 Å². The summed E-state index contributed by atoms with van der Waals surface area (Å²) in [7, 11) is 0. The maximum Gasteiger partial charge on any atom is 0.127 e. The predicted octanol–water partition coefficient (Wildman–Crippen LogP) is 4.23. The van der Waals surface area contributed by atoms with E-state index in [1.165, 1.54) is 17.2 Å². The Bertz CT molecular complexity index is 568. The zero-order chi connectivity index (χ0) is 13.8. The van der Waals surface area contributed by atoms with E-state index in [0.717, 1.165) is 4.90 Å². The highest BCUT2D eigenvalue weighted by molar-refractivity contribution is 7.99. The number of hydrogen-bond donors (Lipinski definition) is 1. The third-order valence-electron chi connectivity index (χ3n) is 3.07. The van der Waals surface area contributed by atoms with Crippen molar-refractivity contribution >= 4 is 11.8 Å². The maximum absolute atomic E-state index is 13.8. The summed E-state index contributed by atoms with van der Waals surface area (Å²) in [4.78, 5) is 1.16. The molecule has 0 spiro atoms. The summed E-state index contributed by atoms with van der Waals surface area (Å²) in [5.74, 6) is -0.185. The van der Waals surface area contributed by atoms with Crippen LogP contribution in [0.15, 0.2) is 47.4 Å². The Labute approximate surface area is 118 Å². The van der Waals surface area contributed by atoms with Crippen molar-refractivity contribution in [1.29, 1.82) is 0 Å². The Morgan fingerprint density at radius 1 is 1.16 bits per heavy atom. The number of aryl methyl sites for hydroxylation is 2. The quantitative estimate of drug-likeness (QED) is 0.845. The minimum Gasteiger partial charge on any atom is -0.329 e. The Morgan fingerprint density at radius 3 is 2.53 bits per heavy atom. The zero-order valence-corrected chi connectivity index (χ0v) is 12.0. The lowest BCUT2D eigenvalue weighted by Crippen LogP contribution is -2.11. The molecule has 3 heteroatoms. The van der Waals surface area contributed by atoms with E-state index in [1.807, 2.05) is 12.1 Å². The van der Waals surface area contributed by atoms with Crippen LogP contribution >= 0.6 is 11.8 Å². The lowest BCUT2D eigenvalue weighted by molar-refractivity contribution is 0.608. The van der Waals surface area contributed by atoms with Crippen molar-refractivity contribution < 1.29 is 4.39 Å². The van der Waals surface area contributed by atoms with Crippen molar-refractivity contribution in [1.82, 2.24) is 0 Å². The third kappa shape index (κ3) is 3.37. The number of thioether (sulfide) groups is 1. The molecule has 0 aromatic heterocycles. The SMILES string of the molecule is Cc1ccc(SC(CN)c2ccccc2F)c(C)c1. The van der Waals surface area contributed by atoms with Gasteiger partial charge in [-0.3, -0.25) is 0 Å². The first-order chi connectivity index (χ1) is 9.11. The van der Waals surface area contributed by atoms with Crippen LogP contribution in [0.2, 0.25) is 0 Å². The fraction of sp³-hybridized carbons (Fsp3) is 0.250. The molecule has 1 nitrogen and oxygen atoms in total. The van der Waals surface area contributed by atoms with Gasteiger partial charge >= 0.3 is 0 Å². The van der Waals surface area contributed by atoms with Gasteiger partial charge in [0.25, 0.3) is 0 Å². The maximum atomic E-state index is 13.8. The minimum absolute atomic E-state index is 0.0531. The lowest BCUT2D eigenvalue weighted by Gasteiger charge is -2.17. The van der Waals surface area contributed by atoms with E-state index in [9.17, 15) is 4.39 Å². The molecule has 0 bridgehead atoms. The average molecular weight is 275 g/mol. The number of hydrogen-bond acceptors (Lipinski definition) is 2. The molecule has 1 atom stereocenters. The first-order valence-corrected chi connectivity index (χ1v) is 7.18. The summed E-state index contributed by atoms with van der Waals surface area (Å²) in [6.07, 6.45) is 0. The van der Waals surface area contributed by atoms with E-state index in [0.29, 0.717) is 12.1 Å². The molecule has 0 saturated carbocycles. The molecule has 2 rings (SSSR count). The summed E-state index contributed by atoms with van der Waals surface area (Å²) in [6.45, 7) is 4.56. The van der Waals surface area contributed by atoms with Crippen molar-refractivity contribution in [3.05, 3.63) is 65.0 Å². The summed E-state index contributed by atoms with van der Waals surface area (Å²) < 4.78 is 13.8. The molecule has 0 aliphatic carbocycles. The first kappa shape index (κ1) is 14.1. The van der Waals surface area contributed by atoms with Crippen LogP contribution in [0.5, 0.6) is 0 Å². The molecule has 0 radical (unpaired) electrons. The molecule has 0 aliphatic rings. The van der Waals surface area contributed by atoms with Gasteiger partial charge in [-0.05, 0) is 31.5 Å². The van der Waals surface area contributed by atoms with Gasteiger partial charge in [0, 0.05) is 22.3 Å². The van der Waals surface area contributed by atoms with Gasteiger partial charge in [-0.25, -0.2) is 4.39 Å².